The summed E-state index contributed by atoms with van der Waals surface area (Å²) in [4.78, 5) is 30.3. The van der Waals surface area contributed by atoms with Crippen LogP contribution in [-0.4, -0.2) is 37.3 Å². The lowest BCUT2D eigenvalue weighted by Gasteiger charge is -2.22. The van der Waals surface area contributed by atoms with Crippen LogP contribution < -0.4 is 10.6 Å². The highest BCUT2D eigenvalue weighted by molar-refractivity contribution is 7.99. The van der Waals surface area contributed by atoms with E-state index in [-0.39, 0.29) is 29.5 Å². The average molecular weight is 473 g/mol. The van der Waals surface area contributed by atoms with Gasteiger partial charge in [0, 0.05) is 23.2 Å². The number of nitrogens with zero attached hydrogens (tertiary/aromatic N) is 4. The van der Waals surface area contributed by atoms with Gasteiger partial charge in [-0.05, 0) is 38.8 Å². The summed E-state index contributed by atoms with van der Waals surface area (Å²) in [5.74, 6) is 0.684. The topological polar surface area (TPSA) is 102 Å². The van der Waals surface area contributed by atoms with Crippen molar-refractivity contribution in [3.8, 4) is 0 Å². The van der Waals surface area contributed by atoms with Gasteiger partial charge < -0.3 is 15.2 Å². The number of carbonyl (C=O) groups excluding carboxylic acids is 2. The van der Waals surface area contributed by atoms with Crippen molar-refractivity contribution in [1.82, 2.24) is 25.1 Å². The largest absolute Gasteiger partial charge is 0.342 e. The minimum Gasteiger partial charge on any atom is -0.342 e. The van der Waals surface area contributed by atoms with Crippen LogP contribution in [0.2, 0.25) is 0 Å². The van der Waals surface area contributed by atoms with Crippen molar-refractivity contribution < 1.29 is 9.59 Å². The fourth-order valence-electron chi connectivity index (χ4n) is 3.17. The molecule has 3 aromatic rings. The lowest BCUT2D eigenvalue weighted by molar-refractivity contribution is -0.113. The smallest absolute Gasteiger partial charge is 0.251 e. The molecule has 0 aliphatic carbocycles. The van der Waals surface area contributed by atoms with E-state index in [9.17, 15) is 9.59 Å². The van der Waals surface area contributed by atoms with Gasteiger partial charge in [-0.15, -0.1) is 21.5 Å². The standard InChI is InChI=1S/C22H28N6O2S2/c1-6-28-19(18(13(2)3)25-20(30)16-9-7-8-14(4)10-16)26-27-22(28)31-12-17(29)24-21-23-11-15(5)32-21/h7-11,13,18H,6,12H2,1-5H3,(H,25,30)(H,23,24,29)/t18-/m0/s1. The average Bonchev–Trinajstić information content (AvgIpc) is 3.35. The molecule has 0 radical (unpaired) electrons. The van der Waals surface area contributed by atoms with Crippen LogP contribution in [-0.2, 0) is 11.3 Å². The van der Waals surface area contributed by atoms with E-state index in [0.29, 0.717) is 28.2 Å². The molecule has 0 unspecified atom stereocenters. The Balaban J connectivity index is 1.71. The number of aryl methyl sites for hydroxylation is 2. The molecule has 0 saturated carbocycles. The van der Waals surface area contributed by atoms with E-state index in [0.717, 1.165) is 10.4 Å². The SMILES string of the molecule is CCn1c(SCC(=O)Nc2ncc(C)s2)nnc1[C@@H](NC(=O)c1cccc(C)c1)C(C)C. The van der Waals surface area contributed by atoms with Crippen molar-refractivity contribution in [2.45, 2.75) is 52.4 Å². The van der Waals surface area contributed by atoms with Crippen LogP contribution >= 0.6 is 23.1 Å². The lowest BCUT2D eigenvalue weighted by Crippen LogP contribution is -2.33. The summed E-state index contributed by atoms with van der Waals surface area (Å²) in [7, 11) is 0. The first-order chi connectivity index (χ1) is 15.3. The van der Waals surface area contributed by atoms with Crippen molar-refractivity contribution in [3.05, 3.63) is 52.3 Å². The Kier molecular flexibility index (Phi) is 8.03. The molecule has 0 aliphatic heterocycles. The number of aromatic nitrogens is 4. The number of benzene rings is 1. The third-order valence-electron chi connectivity index (χ3n) is 4.77. The van der Waals surface area contributed by atoms with Crippen LogP contribution in [0.25, 0.3) is 0 Å². The number of anilines is 1. The number of rotatable bonds is 9. The van der Waals surface area contributed by atoms with E-state index in [1.807, 2.05) is 57.4 Å². The van der Waals surface area contributed by atoms with Crippen LogP contribution in [0, 0.1) is 19.8 Å². The number of thiazole rings is 1. The summed E-state index contributed by atoms with van der Waals surface area (Å²) in [6, 6.07) is 7.18. The minimum absolute atomic E-state index is 0.104. The van der Waals surface area contributed by atoms with Gasteiger partial charge in [-0.3, -0.25) is 9.59 Å². The summed E-state index contributed by atoms with van der Waals surface area (Å²) in [5, 5.41) is 15.8. The first kappa shape index (κ1) is 23.9. The maximum absolute atomic E-state index is 12.9. The molecule has 2 N–H and O–H groups in total. The third kappa shape index (κ3) is 5.95. The molecule has 10 heteroatoms. The molecule has 32 heavy (non-hydrogen) atoms. The van der Waals surface area contributed by atoms with Crippen LogP contribution in [0.5, 0.6) is 0 Å². The fourth-order valence-corrected chi connectivity index (χ4v) is 4.66. The highest BCUT2D eigenvalue weighted by atomic mass is 32.2. The van der Waals surface area contributed by atoms with Crippen molar-refractivity contribution in [2.75, 3.05) is 11.1 Å². The molecule has 0 saturated heterocycles. The molecule has 2 amide bonds. The second-order valence-corrected chi connectivity index (χ2v) is 9.94. The van der Waals surface area contributed by atoms with E-state index >= 15 is 0 Å². The zero-order valence-electron chi connectivity index (χ0n) is 18.9. The zero-order chi connectivity index (χ0) is 23.3. The van der Waals surface area contributed by atoms with Gasteiger partial charge in [-0.1, -0.05) is 43.3 Å². The fraction of sp³-hybridized carbons (Fsp3) is 0.409. The van der Waals surface area contributed by atoms with Crippen molar-refractivity contribution in [2.24, 2.45) is 5.92 Å². The number of amides is 2. The molecule has 2 aromatic heterocycles. The molecule has 1 aromatic carbocycles. The first-order valence-corrected chi connectivity index (χ1v) is 12.2. The highest BCUT2D eigenvalue weighted by Crippen LogP contribution is 2.26. The second-order valence-electron chi connectivity index (χ2n) is 7.76. The van der Waals surface area contributed by atoms with Gasteiger partial charge in [0.05, 0.1) is 11.8 Å². The predicted octanol–water partition coefficient (Wildman–Crippen LogP) is 4.23. The summed E-state index contributed by atoms with van der Waals surface area (Å²) < 4.78 is 1.95. The number of nitrogens with one attached hydrogen (secondary N) is 2. The first-order valence-electron chi connectivity index (χ1n) is 10.4. The van der Waals surface area contributed by atoms with Gasteiger partial charge in [0.1, 0.15) is 0 Å². The van der Waals surface area contributed by atoms with Crippen molar-refractivity contribution >= 4 is 40.0 Å². The summed E-state index contributed by atoms with van der Waals surface area (Å²) in [6.07, 6.45) is 1.73. The number of hydrogen-bond donors (Lipinski definition) is 2. The van der Waals surface area contributed by atoms with E-state index < -0.39 is 0 Å². The third-order valence-corrected chi connectivity index (χ3v) is 6.57. The molecular weight excluding hydrogens is 444 g/mol. The Morgan fingerprint density at radius 1 is 1.22 bits per heavy atom. The monoisotopic (exact) mass is 472 g/mol. The Labute approximate surface area is 196 Å². The van der Waals surface area contributed by atoms with Crippen LogP contribution in [0.3, 0.4) is 0 Å². The Hall–Kier alpha value is -2.72. The molecule has 0 aliphatic rings. The zero-order valence-corrected chi connectivity index (χ0v) is 20.5. The number of hydrogen-bond acceptors (Lipinski definition) is 7. The molecule has 0 spiro atoms. The second kappa shape index (κ2) is 10.7. The lowest BCUT2D eigenvalue weighted by atomic mass is 10.0. The normalized spacial score (nSPS) is 12.1. The molecule has 0 bridgehead atoms. The maximum Gasteiger partial charge on any atom is 0.251 e. The van der Waals surface area contributed by atoms with Gasteiger partial charge in [-0.2, -0.15) is 0 Å². The van der Waals surface area contributed by atoms with Crippen LogP contribution in [0.4, 0.5) is 5.13 Å². The van der Waals surface area contributed by atoms with Crippen molar-refractivity contribution in [1.29, 1.82) is 0 Å². The van der Waals surface area contributed by atoms with Crippen molar-refractivity contribution in [3.63, 3.8) is 0 Å². The van der Waals surface area contributed by atoms with Gasteiger partial charge in [0.2, 0.25) is 5.91 Å². The molecular formula is C22H28N6O2S2. The Bertz CT molecular complexity index is 1090. The summed E-state index contributed by atoms with van der Waals surface area (Å²) in [6.45, 7) is 10.6. The van der Waals surface area contributed by atoms with Gasteiger partial charge in [-0.25, -0.2) is 4.98 Å². The van der Waals surface area contributed by atoms with E-state index in [1.54, 1.807) is 12.3 Å². The van der Waals surface area contributed by atoms with E-state index in [2.05, 4.69) is 25.8 Å². The highest BCUT2D eigenvalue weighted by Gasteiger charge is 2.26. The Morgan fingerprint density at radius 2 is 2.00 bits per heavy atom. The summed E-state index contributed by atoms with van der Waals surface area (Å²) >= 11 is 2.75. The van der Waals surface area contributed by atoms with Gasteiger partial charge in [0.15, 0.2) is 16.1 Å². The predicted molar refractivity (Wildman–Crippen MR) is 128 cm³/mol. The molecule has 0 fully saturated rings. The number of carbonyl (C=O) groups is 2. The molecule has 8 nitrogen and oxygen atoms in total. The molecule has 2 heterocycles. The summed E-state index contributed by atoms with van der Waals surface area (Å²) in [5.41, 5.74) is 1.64. The molecule has 3 rings (SSSR count). The van der Waals surface area contributed by atoms with Gasteiger partial charge in [0.25, 0.3) is 5.91 Å². The molecule has 170 valence electrons. The van der Waals surface area contributed by atoms with E-state index in [1.165, 1.54) is 23.1 Å². The van der Waals surface area contributed by atoms with Crippen LogP contribution in [0.15, 0.2) is 35.6 Å². The van der Waals surface area contributed by atoms with E-state index in [4.69, 9.17) is 0 Å². The van der Waals surface area contributed by atoms with Gasteiger partial charge >= 0.3 is 0 Å². The minimum atomic E-state index is -0.308. The Morgan fingerprint density at radius 3 is 2.62 bits per heavy atom. The van der Waals surface area contributed by atoms with Crippen LogP contribution in [0.1, 0.15) is 53.4 Å². The maximum atomic E-state index is 12.9. The quantitative estimate of drug-likeness (QED) is 0.452. The number of thioether (sulfide) groups is 1. The molecule has 1 atom stereocenters.